The van der Waals surface area contributed by atoms with Crippen LogP contribution in [0.2, 0.25) is 5.02 Å². The highest BCUT2D eigenvalue weighted by Gasteiger charge is 2.25. The summed E-state index contributed by atoms with van der Waals surface area (Å²) in [6.45, 7) is 4.27. The van der Waals surface area contributed by atoms with Gasteiger partial charge in [0.2, 0.25) is 0 Å². The Morgan fingerprint density at radius 1 is 1.59 bits per heavy atom. The van der Waals surface area contributed by atoms with E-state index >= 15 is 0 Å². The van der Waals surface area contributed by atoms with Crippen molar-refractivity contribution in [1.29, 1.82) is 0 Å². The minimum Gasteiger partial charge on any atom is -0.377 e. The fraction of sp³-hybridized carbons (Fsp3) is 0.462. The first-order chi connectivity index (χ1) is 8.27. The van der Waals surface area contributed by atoms with Crippen molar-refractivity contribution in [3.8, 4) is 0 Å². The highest BCUT2D eigenvalue weighted by molar-refractivity contribution is 6.34. The molecule has 1 aromatic carbocycles. The first-order valence-corrected chi connectivity index (χ1v) is 6.23. The lowest BCUT2D eigenvalue weighted by molar-refractivity contribution is 0.0927. The van der Waals surface area contributed by atoms with Gasteiger partial charge in [0.15, 0.2) is 6.29 Å². The quantitative estimate of drug-likeness (QED) is 0.776. The molecule has 1 aromatic rings. The van der Waals surface area contributed by atoms with Gasteiger partial charge in [0.25, 0.3) is 0 Å². The van der Waals surface area contributed by atoms with Gasteiger partial charge in [-0.2, -0.15) is 0 Å². The second-order valence-corrected chi connectivity index (χ2v) is 4.53. The van der Waals surface area contributed by atoms with Gasteiger partial charge >= 0.3 is 0 Å². The van der Waals surface area contributed by atoms with E-state index in [2.05, 4.69) is 11.8 Å². The first kappa shape index (κ1) is 12.4. The molecular formula is C13H16ClNO2. The molecule has 1 heterocycles. The van der Waals surface area contributed by atoms with Crippen LogP contribution >= 0.6 is 11.6 Å². The molecule has 0 spiro atoms. The zero-order chi connectivity index (χ0) is 12.3. The second-order valence-electron chi connectivity index (χ2n) is 4.13. The van der Waals surface area contributed by atoms with Crippen LogP contribution in [-0.2, 0) is 4.74 Å². The van der Waals surface area contributed by atoms with Crippen LogP contribution in [-0.4, -0.2) is 32.1 Å². The van der Waals surface area contributed by atoms with Gasteiger partial charge in [0.1, 0.15) is 0 Å². The summed E-state index contributed by atoms with van der Waals surface area (Å²) in [5, 5.41) is 0.634. The molecule has 1 unspecified atom stereocenters. The van der Waals surface area contributed by atoms with Crippen molar-refractivity contribution in [2.45, 2.75) is 19.4 Å². The molecule has 1 saturated heterocycles. The Bertz CT molecular complexity index is 408. The minimum atomic E-state index is 0.294. The molecule has 2 rings (SSSR count). The summed E-state index contributed by atoms with van der Waals surface area (Å²) in [7, 11) is 0. The van der Waals surface area contributed by atoms with E-state index in [-0.39, 0.29) is 0 Å². The summed E-state index contributed by atoms with van der Waals surface area (Å²) in [5.74, 6) is 0. The van der Waals surface area contributed by atoms with E-state index < -0.39 is 0 Å². The van der Waals surface area contributed by atoms with E-state index in [9.17, 15) is 4.79 Å². The van der Waals surface area contributed by atoms with Crippen molar-refractivity contribution in [2.75, 3.05) is 24.7 Å². The zero-order valence-corrected chi connectivity index (χ0v) is 10.6. The molecule has 17 heavy (non-hydrogen) atoms. The monoisotopic (exact) mass is 253 g/mol. The summed E-state index contributed by atoms with van der Waals surface area (Å²) in [6, 6.07) is 5.72. The summed E-state index contributed by atoms with van der Waals surface area (Å²) >= 11 is 6.22. The molecule has 1 fully saturated rings. The number of ether oxygens (including phenoxy) is 1. The van der Waals surface area contributed by atoms with Gasteiger partial charge in [-0.25, -0.2) is 0 Å². The van der Waals surface area contributed by atoms with E-state index in [0.717, 1.165) is 24.9 Å². The number of morpholine rings is 1. The third-order valence-electron chi connectivity index (χ3n) is 3.13. The fourth-order valence-corrected chi connectivity index (χ4v) is 2.51. The topological polar surface area (TPSA) is 29.5 Å². The van der Waals surface area contributed by atoms with Gasteiger partial charge in [0, 0.05) is 12.1 Å². The van der Waals surface area contributed by atoms with Crippen molar-refractivity contribution in [3.63, 3.8) is 0 Å². The zero-order valence-electron chi connectivity index (χ0n) is 9.86. The van der Waals surface area contributed by atoms with Crippen molar-refractivity contribution < 1.29 is 9.53 Å². The average molecular weight is 254 g/mol. The maximum Gasteiger partial charge on any atom is 0.152 e. The van der Waals surface area contributed by atoms with Gasteiger partial charge in [-0.1, -0.05) is 24.6 Å². The third kappa shape index (κ3) is 2.45. The Labute approximate surface area is 106 Å². The number of anilines is 1. The van der Waals surface area contributed by atoms with Crippen LogP contribution in [0, 0.1) is 0 Å². The van der Waals surface area contributed by atoms with E-state index in [1.54, 1.807) is 12.1 Å². The molecule has 0 bridgehead atoms. The van der Waals surface area contributed by atoms with Crippen LogP contribution in [0.5, 0.6) is 0 Å². The van der Waals surface area contributed by atoms with Gasteiger partial charge in [-0.05, 0) is 18.6 Å². The largest absolute Gasteiger partial charge is 0.377 e. The van der Waals surface area contributed by atoms with Crippen molar-refractivity contribution >= 4 is 23.6 Å². The maximum atomic E-state index is 11.1. The van der Waals surface area contributed by atoms with E-state index in [4.69, 9.17) is 16.3 Å². The SMILES string of the molecule is CCC1COCCN1c1c(Cl)cccc1C=O. The Hall–Kier alpha value is -1.06. The normalized spacial score (nSPS) is 20.4. The predicted molar refractivity (Wildman–Crippen MR) is 69.1 cm³/mol. The van der Waals surface area contributed by atoms with Crippen molar-refractivity contribution in [2.24, 2.45) is 0 Å². The summed E-state index contributed by atoms with van der Waals surface area (Å²) in [5.41, 5.74) is 1.50. The number of para-hydroxylation sites is 1. The molecule has 4 heteroatoms. The minimum absolute atomic E-state index is 0.294. The highest BCUT2D eigenvalue weighted by atomic mass is 35.5. The van der Waals surface area contributed by atoms with E-state index in [1.807, 2.05) is 6.07 Å². The molecule has 1 aliphatic heterocycles. The molecule has 0 aliphatic carbocycles. The van der Waals surface area contributed by atoms with Gasteiger partial charge in [-0.3, -0.25) is 4.79 Å². The van der Waals surface area contributed by atoms with Crippen LogP contribution in [0.25, 0.3) is 0 Å². The van der Waals surface area contributed by atoms with Crippen LogP contribution < -0.4 is 4.90 Å². The Balaban J connectivity index is 2.40. The van der Waals surface area contributed by atoms with Crippen molar-refractivity contribution in [3.05, 3.63) is 28.8 Å². The summed E-state index contributed by atoms with van der Waals surface area (Å²) in [4.78, 5) is 13.3. The molecular weight excluding hydrogens is 238 g/mol. The fourth-order valence-electron chi connectivity index (χ4n) is 2.22. The number of benzene rings is 1. The van der Waals surface area contributed by atoms with Crippen LogP contribution in [0.4, 0.5) is 5.69 Å². The number of nitrogens with zero attached hydrogens (tertiary/aromatic N) is 1. The number of halogens is 1. The first-order valence-electron chi connectivity index (χ1n) is 5.86. The number of rotatable bonds is 3. The molecule has 0 aromatic heterocycles. The molecule has 92 valence electrons. The lowest BCUT2D eigenvalue weighted by Gasteiger charge is -2.38. The number of hydrogen-bond acceptors (Lipinski definition) is 3. The van der Waals surface area contributed by atoms with Gasteiger partial charge in [0.05, 0.1) is 30.0 Å². The third-order valence-corrected chi connectivity index (χ3v) is 3.44. The van der Waals surface area contributed by atoms with E-state index in [1.165, 1.54) is 0 Å². The maximum absolute atomic E-state index is 11.1. The Morgan fingerprint density at radius 2 is 2.41 bits per heavy atom. The average Bonchev–Trinajstić information content (AvgIpc) is 2.38. The van der Waals surface area contributed by atoms with E-state index in [0.29, 0.717) is 29.8 Å². The summed E-state index contributed by atoms with van der Waals surface area (Å²) in [6.07, 6.45) is 1.84. The van der Waals surface area contributed by atoms with Crippen LogP contribution in [0.1, 0.15) is 23.7 Å². The standard InChI is InChI=1S/C13H16ClNO2/c1-2-11-9-17-7-6-15(11)13-10(8-16)4-3-5-12(13)14/h3-5,8,11H,2,6-7,9H2,1H3. The van der Waals surface area contributed by atoms with Crippen LogP contribution in [0.15, 0.2) is 18.2 Å². The highest BCUT2D eigenvalue weighted by Crippen LogP contribution is 2.32. The molecule has 0 amide bonds. The number of aldehydes is 1. The molecule has 3 nitrogen and oxygen atoms in total. The van der Waals surface area contributed by atoms with Gasteiger partial charge in [-0.15, -0.1) is 0 Å². The molecule has 0 saturated carbocycles. The van der Waals surface area contributed by atoms with Crippen molar-refractivity contribution in [1.82, 2.24) is 0 Å². The second kappa shape index (κ2) is 5.52. The number of carbonyl (C=O) groups is 1. The lowest BCUT2D eigenvalue weighted by Crippen LogP contribution is -2.45. The molecule has 0 N–H and O–H groups in total. The number of carbonyl (C=O) groups excluding carboxylic acids is 1. The molecule has 1 atom stereocenters. The van der Waals surface area contributed by atoms with Gasteiger partial charge < -0.3 is 9.64 Å². The molecule has 1 aliphatic rings. The molecule has 0 radical (unpaired) electrons. The Kier molecular flexibility index (Phi) is 4.02. The predicted octanol–water partition coefficient (Wildman–Crippen LogP) is 2.77. The smallest absolute Gasteiger partial charge is 0.152 e. The number of hydrogen-bond donors (Lipinski definition) is 0. The summed E-state index contributed by atoms with van der Waals surface area (Å²) < 4.78 is 5.47. The van der Waals surface area contributed by atoms with Crippen LogP contribution in [0.3, 0.4) is 0 Å². The lowest BCUT2D eigenvalue weighted by atomic mass is 10.1. The Morgan fingerprint density at radius 3 is 3.12 bits per heavy atom.